The van der Waals surface area contributed by atoms with Crippen LogP contribution in [-0.4, -0.2) is 44.0 Å². The molecule has 1 fully saturated rings. The molecule has 1 amide bonds. The normalized spacial score (nSPS) is 16.3. The van der Waals surface area contributed by atoms with Crippen LogP contribution in [0.15, 0.2) is 72.9 Å². The molecule has 1 aliphatic heterocycles. The molecule has 0 bridgehead atoms. The van der Waals surface area contributed by atoms with Crippen LogP contribution in [0.3, 0.4) is 0 Å². The van der Waals surface area contributed by atoms with Gasteiger partial charge in [-0.25, -0.2) is 4.39 Å². The average Bonchev–Trinajstić information content (AvgIpc) is 3.47. The molecule has 10 nitrogen and oxygen atoms in total. The lowest BCUT2D eigenvalue weighted by Gasteiger charge is -2.28. The molecule has 1 aliphatic rings. The molecule has 0 saturated carbocycles. The number of amides is 1. The van der Waals surface area contributed by atoms with E-state index >= 15 is 0 Å². The first-order valence-corrected chi connectivity index (χ1v) is 13.6. The molecule has 2 N–H and O–H groups in total. The third-order valence-corrected chi connectivity index (χ3v) is 7.68. The topological polar surface area (TPSA) is 115 Å². The number of methoxy groups -OCH3 is 1. The van der Waals surface area contributed by atoms with E-state index < -0.39 is 10.7 Å². The monoisotopic (exact) mass is 588 g/mol. The highest BCUT2D eigenvalue weighted by Crippen LogP contribution is 2.42. The van der Waals surface area contributed by atoms with E-state index in [1.807, 2.05) is 47.6 Å². The molecule has 42 heavy (non-hydrogen) atoms. The highest BCUT2D eigenvalue weighted by molar-refractivity contribution is 7.80. The summed E-state index contributed by atoms with van der Waals surface area (Å²) in [6.07, 6.45) is 1.78. The number of carbonyl (C=O) groups is 1. The summed E-state index contributed by atoms with van der Waals surface area (Å²) >= 11 is 5.76. The lowest BCUT2D eigenvalue weighted by Crippen LogP contribution is -2.33. The maximum Gasteiger partial charge on any atom is 0.273 e. The molecule has 0 radical (unpaired) electrons. The van der Waals surface area contributed by atoms with Crippen LogP contribution in [0.2, 0.25) is 0 Å². The van der Waals surface area contributed by atoms with Crippen molar-refractivity contribution in [2.45, 2.75) is 32.4 Å². The lowest BCUT2D eigenvalue weighted by atomic mass is 9.96. The molecule has 0 unspecified atom stereocenters. The number of aryl methyl sites for hydroxylation is 1. The molecular weight excluding hydrogens is 559 g/mol. The van der Waals surface area contributed by atoms with E-state index in [2.05, 4.69) is 15.6 Å². The fourth-order valence-electron chi connectivity index (χ4n) is 5.40. The zero-order valence-electron chi connectivity index (χ0n) is 23.2. The van der Waals surface area contributed by atoms with Crippen molar-refractivity contribution in [1.29, 1.82) is 0 Å². The number of hydrogen-bond donors (Lipinski definition) is 2. The Hall–Kier alpha value is -4.84. The highest BCUT2D eigenvalue weighted by atomic mass is 32.1. The van der Waals surface area contributed by atoms with Crippen LogP contribution in [0, 0.1) is 29.8 Å². The second-order valence-electron chi connectivity index (χ2n) is 9.87. The number of non-ortho nitro benzene ring substituents is 1. The molecule has 12 heteroatoms. The van der Waals surface area contributed by atoms with Gasteiger partial charge in [-0.1, -0.05) is 18.2 Å². The molecule has 2 atom stereocenters. The SMILES string of the molecule is COc1cc([N+](=O)[O-])ccc1-n1c(C)cc([C@@H]2[C@H](c3ccccn3)NC(=S)N2CCC(=O)Nc2ccccc2F)c1C. The number of nitrogens with one attached hydrogen (secondary N) is 2. The van der Waals surface area contributed by atoms with Crippen molar-refractivity contribution in [3.05, 3.63) is 112 Å². The van der Waals surface area contributed by atoms with Gasteiger partial charge in [0.2, 0.25) is 5.91 Å². The number of aromatic nitrogens is 2. The molecule has 4 aromatic rings. The molecule has 2 aromatic carbocycles. The van der Waals surface area contributed by atoms with Gasteiger partial charge in [0.05, 0.1) is 47.3 Å². The zero-order valence-corrected chi connectivity index (χ0v) is 24.0. The van der Waals surface area contributed by atoms with Crippen molar-refractivity contribution in [1.82, 2.24) is 19.8 Å². The summed E-state index contributed by atoms with van der Waals surface area (Å²) in [5.41, 5.74) is 4.17. The van der Waals surface area contributed by atoms with Gasteiger partial charge in [0.15, 0.2) is 5.11 Å². The predicted octanol–water partition coefficient (Wildman–Crippen LogP) is 5.55. The van der Waals surface area contributed by atoms with Crippen molar-refractivity contribution in [3.63, 3.8) is 0 Å². The number of nitro groups is 1. The van der Waals surface area contributed by atoms with E-state index in [1.54, 1.807) is 24.4 Å². The van der Waals surface area contributed by atoms with Gasteiger partial charge in [-0.3, -0.25) is 19.9 Å². The van der Waals surface area contributed by atoms with Gasteiger partial charge in [-0.05, 0) is 68.0 Å². The van der Waals surface area contributed by atoms with Crippen LogP contribution >= 0.6 is 12.2 Å². The molecule has 216 valence electrons. The van der Waals surface area contributed by atoms with Crippen LogP contribution in [0.4, 0.5) is 15.8 Å². The fourth-order valence-corrected chi connectivity index (χ4v) is 5.74. The molecule has 0 aliphatic carbocycles. The van der Waals surface area contributed by atoms with Crippen LogP contribution in [-0.2, 0) is 4.79 Å². The molecule has 5 rings (SSSR count). The number of benzene rings is 2. The Labute approximate surface area is 247 Å². The first-order chi connectivity index (χ1) is 20.2. The quantitative estimate of drug-likeness (QED) is 0.149. The minimum absolute atomic E-state index is 0.0660. The Morgan fingerprint density at radius 3 is 2.62 bits per heavy atom. The largest absolute Gasteiger partial charge is 0.494 e. The highest BCUT2D eigenvalue weighted by Gasteiger charge is 2.41. The van der Waals surface area contributed by atoms with Crippen molar-refractivity contribution in [3.8, 4) is 11.4 Å². The van der Waals surface area contributed by atoms with Gasteiger partial charge in [0.25, 0.3) is 5.69 Å². The molecule has 1 saturated heterocycles. The number of rotatable bonds is 9. The number of anilines is 1. The van der Waals surface area contributed by atoms with E-state index in [1.165, 1.54) is 31.4 Å². The van der Waals surface area contributed by atoms with Gasteiger partial charge >= 0.3 is 0 Å². The number of hydrogen-bond acceptors (Lipinski definition) is 6. The van der Waals surface area contributed by atoms with Crippen LogP contribution in [0.5, 0.6) is 5.75 Å². The third-order valence-electron chi connectivity index (χ3n) is 7.33. The zero-order chi connectivity index (χ0) is 30.0. The lowest BCUT2D eigenvalue weighted by molar-refractivity contribution is -0.384. The number of para-hydroxylation sites is 1. The Bertz CT molecular complexity index is 1660. The van der Waals surface area contributed by atoms with Crippen molar-refractivity contribution in [2.75, 3.05) is 19.0 Å². The minimum atomic E-state index is -0.508. The summed E-state index contributed by atoms with van der Waals surface area (Å²) < 4.78 is 21.6. The standard InChI is InChI=1S/C30H29FN6O4S/c1-18-16-21(19(2)36(18)25-12-11-20(37(39)40)17-26(25)41-3)29-28(24-10-6-7-14-32-24)34-30(42)35(29)15-13-27(38)33-23-9-5-4-8-22(23)31/h4-12,14,16-17,28-29H,13,15H2,1-3H3,(H,33,38)(H,34,42)/t28-,29+/m0/s1. The van der Waals surface area contributed by atoms with Crippen LogP contribution < -0.4 is 15.4 Å². The number of halogens is 1. The maximum absolute atomic E-state index is 14.1. The van der Waals surface area contributed by atoms with Gasteiger partial charge in [-0.15, -0.1) is 0 Å². The van der Waals surface area contributed by atoms with E-state index in [0.29, 0.717) is 16.5 Å². The van der Waals surface area contributed by atoms with E-state index in [-0.39, 0.29) is 42.3 Å². The number of carbonyl (C=O) groups excluding carboxylic acids is 1. The van der Waals surface area contributed by atoms with Gasteiger partial charge in [0, 0.05) is 36.6 Å². The molecule has 0 spiro atoms. The Morgan fingerprint density at radius 1 is 1.17 bits per heavy atom. The summed E-state index contributed by atoms with van der Waals surface area (Å²) in [7, 11) is 1.47. The number of nitro benzene ring substituents is 1. The number of ether oxygens (including phenoxy) is 1. The molecular formula is C30H29FN6O4S. The Morgan fingerprint density at radius 2 is 1.93 bits per heavy atom. The summed E-state index contributed by atoms with van der Waals surface area (Å²) in [6, 6.07) is 17.6. The molecule has 3 heterocycles. The fraction of sp³-hybridized carbons (Fsp3) is 0.233. The van der Waals surface area contributed by atoms with E-state index in [0.717, 1.165) is 22.6 Å². The van der Waals surface area contributed by atoms with Crippen LogP contribution in [0.1, 0.15) is 41.1 Å². The minimum Gasteiger partial charge on any atom is -0.494 e. The third kappa shape index (κ3) is 5.53. The van der Waals surface area contributed by atoms with Gasteiger partial charge in [-0.2, -0.15) is 0 Å². The summed E-state index contributed by atoms with van der Waals surface area (Å²) in [4.78, 5) is 30.3. The Balaban J connectivity index is 1.51. The second kappa shape index (κ2) is 12.0. The second-order valence-corrected chi connectivity index (χ2v) is 10.3. The molecule has 2 aromatic heterocycles. The number of thiocarbonyl (C=S) groups is 1. The first-order valence-electron chi connectivity index (χ1n) is 13.2. The van der Waals surface area contributed by atoms with Crippen LogP contribution in [0.25, 0.3) is 5.69 Å². The summed E-state index contributed by atoms with van der Waals surface area (Å²) in [5.74, 6) is -0.490. The van der Waals surface area contributed by atoms with Gasteiger partial charge in [0.1, 0.15) is 11.6 Å². The van der Waals surface area contributed by atoms with Crippen molar-refractivity contribution < 1.29 is 18.8 Å². The maximum atomic E-state index is 14.1. The number of nitrogens with zero attached hydrogens (tertiary/aromatic N) is 4. The smallest absolute Gasteiger partial charge is 0.273 e. The van der Waals surface area contributed by atoms with E-state index in [4.69, 9.17) is 17.0 Å². The van der Waals surface area contributed by atoms with Crippen molar-refractivity contribution in [2.24, 2.45) is 0 Å². The first kappa shape index (κ1) is 28.7. The van der Waals surface area contributed by atoms with Gasteiger partial charge < -0.3 is 24.8 Å². The summed E-state index contributed by atoms with van der Waals surface area (Å²) in [5, 5.41) is 17.8. The number of pyridine rings is 1. The van der Waals surface area contributed by atoms with Crippen molar-refractivity contribution >= 4 is 34.6 Å². The van der Waals surface area contributed by atoms with E-state index in [9.17, 15) is 19.3 Å². The Kier molecular flexibility index (Phi) is 8.16. The predicted molar refractivity (Wildman–Crippen MR) is 160 cm³/mol. The summed E-state index contributed by atoms with van der Waals surface area (Å²) in [6.45, 7) is 4.17. The average molecular weight is 589 g/mol.